The number of ether oxygens (including phenoxy) is 2. The lowest BCUT2D eigenvalue weighted by Crippen LogP contribution is -2.42. The van der Waals surface area contributed by atoms with E-state index < -0.39 is 18.1 Å². The van der Waals surface area contributed by atoms with E-state index in [1.165, 1.54) is 0 Å². The fourth-order valence-electron chi connectivity index (χ4n) is 3.98. The molecule has 3 aromatic rings. The molecular weight excluding hydrogens is 394 g/mol. The molecule has 0 aromatic heterocycles. The van der Waals surface area contributed by atoms with Crippen molar-refractivity contribution in [3.63, 3.8) is 0 Å². The highest BCUT2D eigenvalue weighted by Crippen LogP contribution is 2.44. The van der Waals surface area contributed by atoms with E-state index in [1.54, 1.807) is 31.4 Å². The number of hydrogen-bond acceptors (Lipinski definition) is 4. The first-order valence-corrected chi connectivity index (χ1v) is 10.0. The number of carbonyl (C=O) groups is 2. The summed E-state index contributed by atoms with van der Waals surface area (Å²) in [7, 11) is 1.56. The number of hydrogen-bond donors (Lipinski definition) is 2. The van der Waals surface area contributed by atoms with Gasteiger partial charge in [-0.1, -0.05) is 60.7 Å². The van der Waals surface area contributed by atoms with Crippen LogP contribution in [0.5, 0.6) is 5.75 Å². The molecule has 4 rings (SSSR count). The minimum atomic E-state index is -1.12. The van der Waals surface area contributed by atoms with Crippen molar-refractivity contribution in [2.24, 2.45) is 0 Å². The number of carboxylic acid groups (broad SMARTS) is 1. The zero-order valence-electron chi connectivity index (χ0n) is 17.1. The molecule has 6 nitrogen and oxygen atoms in total. The van der Waals surface area contributed by atoms with Gasteiger partial charge in [-0.25, -0.2) is 9.59 Å². The van der Waals surface area contributed by atoms with Crippen LogP contribution in [0, 0.1) is 0 Å². The van der Waals surface area contributed by atoms with Gasteiger partial charge >= 0.3 is 12.1 Å². The number of amides is 1. The summed E-state index contributed by atoms with van der Waals surface area (Å²) in [6.45, 7) is 0.134. The van der Waals surface area contributed by atoms with Crippen LogP contribution in [0.15, 0.2) is 72.8 Å². The highest BCUT2D eigenvalue weighted by atomic mass is 16.5. The molecule has 0 unspecified atom stereocenters. The molecule has 0 aliphatic heterocycles. The Balaban J connectivity index is 1.41. The van der Waals surface area contributed by atoms with Gasteiger partial charge < -0.3 is 19.9 Å². The second-order valence-corrected chi connectivity index (χ2v) is 7.41. The first-order chi connectivity index (χ1) is 15.1. The predicted molar refractivity (Wildman–Crippen MR) is 116 cm³/mol. The average molecular weight is 417 g/mol. The lowest BCUT2D eigenvalue weighted by Gasteiger charge is -2.17. The van der Waals surface area contributed by atoms with Crippen molar-refractivity contribution in [2.45, 2.75) is 18.4 Å². The molecule has 31 heavy (non-hydrogen) atoms. The summed E-state index contributed by atoms with van der Waals surface area (Å²) in [5, 5.41) is 12.0. The molecule has 1 aliphatic carbocycles. The number of carboxylic acids is 1. The maximum absolute atomic E-state index is 12.4. The second kappa shape index (κ2) is 8.92. The molecule has 0 bridgehead atoms. The highest BCUT2D eigenvalue weighted by Gasteiger charge is 2.29. The molecule has 0 fully saturated rings. The molecule has 158 valence electrons. The molecule has 3 aromatic carbocycles. The number of carbonyl (C=O) groups excluding carboxylic acids is 1. The first-order valence-electron chi connectivity index (χ1n) is 10.0. The first kappa shape index (κ1) is 20.5. The summed E-state index contributed by atoms with van der Waals surface area (Å²) in [6.07, 6.45) is -0.605. The minimum Gasteiger partial charge on any atom is -0.497 e. The average Bonchev–Trinajstić information content (AvgIpc) is 3.11. The summed E-state index contributed by atoms with van der Waals surface area (Å²) in [5.41, 5.74) is 5.24. The molecule has 6 heteroatoms. The molecule has 0 heterocycles. The summed E-state index contributed by atoms with van der Waals surface area (Å²) in [5.74, 6) is -0.521. The number of benzene rings is 3. The number of alkyl carbamates (subject to hydrolysis) is 1. The summed E-state index contributed by atoms with van der Waals surface area (Å²) < 4.78 is 10.6. The summed E-state index contributed by atoms with van der Waals surface area (Å²) >= 11 is 0. The van der Waals surface area contributed by atoms with Crippen molar-refractivity contribution in [3.8, 4) is 16.9 Å². The molecule has 0 radical (unpaired) electrons. The highest BCUT2D eigenvalue weighted by molar-refractivity contribution is 5.81. The van der Waals surface area contributed by atoms with Crippen LogP contribution in [-0.4, -0.2) is 36.9 Å². The lowest BCUT2D eigenvalue weighted by atomic mass is 9.98. The van der Waals surface area contributed by atoms with Crippen LogP contribution in [0.2, 0.25) is 0 Å². The zero-order valence-corrected chi connectivity index (χ0v) is 17.1. The van der Waals surface area contributed by atoms with Gasteiger partial charge in [0.15, 0.2) is 0 Å². The van der Waals surface area contributed by atoms with Gasteiger partial charge in [0.2, 0.25) is 0 Å². The zero-order chi connectivity index (χ0) is 21.8. The Labute approximate surface area is 180 Å². The van der Waals surface area contributed by atoms with Crippen LogP contribution < -0.4 is 10.1 Å². The molecule has 1 amide bonds. The van der Waals surface area contributed by atoms with E-state index in [0.29, 0.717) is 5.75 Å². The summed E-state index contributed by atoms with van der Waals surface area (Å²) in [6, 6.07) is 22.0. The van der Waals surface area contributed by atoms with Gasteiger partial charge in [0.1, 0.15) is 18.4 Å². The smallest absolute Gasteiger partial charge is 0.407 e. The van der Waals surface area contributed by atoms with Crippen LogP contribution in [0.3, 0.4) is 0 Å². The van der Waals surface area contributed by atoms with Crippen LogP contribution in [0.1, 0.15) is 22.6 Å². The van der Waals surface area contributed by atoms with Gasteiger partial charge in [-0.15, -0.1) is 0 Å². The third-order valence-corrected chi connectivity index (χ3v) is 5.53. The van der Waals surface area contributed by atoms with Crippen LogP contribution in [0.4, 0.5) is 4.79 Å². The monoisotopic (exact) mass is 417 g/mol. The fourth-order valence-corrected chi connectivity index (χ4v) is 3.98. The third kappa shape index (κ3) is 4.38. The van der Waals surface area contributed by atoms with Crippen molar-refractivity contribution in [3.05, 3.63) is 89.5 Å². The standard InChI is InChI=1S/C25H23NO5/c1-30-17-12-10-16(11-13-17)14-23(24(27)28)26-25(29)31-15-22-20-8-4-2-6-18(20)19-7-3-5-9-21(19)22/h2-13,22-23H,14-15H2,1H3,(H,26,29)(H,27,28)/t23-/m0/s1. The van der Waals surface area contributed by atoms with Crippen molar-refractivity contribution < 1.29 is 24.2 Å². The van der Waals surface area contributed by atoms with Crippen molar-refractivity contribution in [1.29, 1.82) is 0 Å². The minimum absolute atomic E-state index is 0.0805. The maximum Gasteiger partial charge on any atom is 0.407 e. The van der Waals surface area contributed by atoms with Crippen molar-refractivity contribution in [2.75, 3.05) is 13.7 Å². The van der Waals surface area contributed by atoms with Gasteiger partial charge in [-0.2, -0.15) is 0 Å². The van der Waals surface area contributed by atoms with E-state index in [1.807, 2.05) is 36.4 Å². The normalized spacial score (nSPS) is 13.1. The van der Waals surface area contributed by atoms with Gasteiger partial charge in [0.25, 0.3) is 0 Å². The van der Waals surface area contributed by atoms with Crippen molar-refractivity contribution >= 4 is 12.1 Å². The van der Waals surface area contributed by atoms with Gasteiger partial charge in [-0.3, -0.25) is 0 Å². The van der Waals surface area contributed by atoms with E-state index in [2.05, 4.69) is 17.4 Å². The summed E-state index contributed by atoms with van der Waals surface area (Å²) in [4.78, 5) is 24.1. The van der Waals surface area contributed by atoms with Crippen LogP contribution in [-0.2, 0) is 16.0 Å². The predicted octanol–water partition coefficient (Wildman–Crippen LogP) is 4.23. The van der Waals surface area contributed by atoms with E-state index in [4.69, 9.17) is 9.47 Å². The molecule has 0 spiro atoms. The van der Waals surface area contributed by atoms with Gasteiger partial charge in [0, 0.05) is 12.3 Å². The Bertz CT molecular complexity index is 1050. The number of methoxy groups -OCH3 is 1. The Kier molecular flexibility index (Phi) is 5.89. The SMILES string of the molecule is COc1ccc(C[C@H](NC(=O)OCC2c3ccccc3-c3ccccc32)C(=O)O)cc1. The third-order valence-electron chi connectivity index (χ3n) is 5.53. The Morgan fingerprint density at radius 3 is 2.06 bits per heavy atom. The Morgan fingerprint density at radius 1 is 0.935 bits per heavy atom. The van der Waals surface area contributed by atoms with Gasteiger partial charge in [-0.05, 0) is 39.9 Å². The van der Waals surface area contributed by atoms with Crippen molar-refractivity contribution in [1.82, 2.24) is 5.32 Å². The Hall–Kier alpha value is -3.80. The number of aliphatic carboxylic acids is 1. The van der Waals surface area contributed by atoms with E-state index >= 15 is 0 Å². The Morgan fingerprint density at radius 2 is 1.52 bits per heavy atom. The molecule has 0 saturated heterocycles. The second-order valence-electron chi connectivity index (χ2n) is 7.41. The molecule has 2 N–H and O–H groups in total. The number of nitrogens with one attached hydrogen (secondary N) is 1. The topological polar surface area (TPSA) is 84.9 Å². The van der Waals surface area contributed by atoms with E-state index in [0.717, 1.165) is 27.8 Å². The quantitative estimate of drug-likeness (QED) is 0.601. The van der Waals surface area contributed by atoms with E-state index in [-0.39, 0.29) is 18.9 Å². The largest absolute Gasteiger partial charge is 0.497 e. The fraction of sp³-hybridized carbons (Fsp3) is 0.200. The number of fused-ring (bicyclic) bond motifs is 3. The van der Waals surface area contributed by atoms with E-state index in [9.17, 15) is 14.7 Å². The van der Waals surface area contributed by atoms with Gasteiger partial charge in [0.05, 0.1) is 7.11 Å². The lowest BCUT2D eigenvalue weighted by molar-refractivity contribution is -0.139. The maximum atomic E-state index is 12.4. The van der Waals surface area contributed by atoms with Crippen LogP contribution >= 0.6 is 0 Å². The molecule has 0 saturated carbocycles. The molecular formula is C25H23NO5. The van der Waals surface area contributed by atoms with Crippen LogP contribution in [0.25, 0.3) is 11.1 Å². The number of rotatable bonds is 7. The molecule has 1 atom stereocenters. The molecule has 1 aliphatic rings.